The highest BCUT2D eigenvalue weighted by Gasteiger charge is 2.13. The van der Waals surface area contributed by atoms with E-state index in [-0.39, 0.29) is 18.5 Å². The van der Waals surface area contributed by atoms with Crippen LogP contribution in [0.3, 0.4) is 0 Å². The topological polar surface area (TPSA) is 59.0 Å². The SMILES string of the molecule is Cc1ccc(C#N)cc1OC(CN)c1ccc(F)cc1. The minimum absolute atomic E-state index is 0.266. The maximum Gasteiger partial charge on any atom is 0.136 e. The van der Waals surface area contributed by atoms with Crippen LogP contribution in [-0.4, -0.2) is 6.54 Å². The first kappa shape index (κ1) is 14.0. The monoisotopic (exact) mass is 270 g/mol. The van der Waals surface area contributed by atoms with Crippen LogP contribution in [0, 0.1) is 24.1 Å². The Labute approximate surface area is 117 Å². The van der Waals surface area contributed by atoms with E-state index in [0.29, 0.717) is 11.3 Å². The highest BCUT2D eigenvalue weighted by molar-refractivity contribution is 5.42. The predicted octanol–water partition coefficient (Wildman–Crippen LogP) is 3.08. The second-order valence-corrected chi connectivity index (χ2v) is 4.49. The number of rotatable bonds is 4. The summed E-state index contributed by atoms with van der Waals surface area (Å²) in [6, 6.07) is 13.4. The molecular formula is C16H15FN2O. The van der Waals surface area contributed by atoms with E-state index in [4.69, 9.17) is 15.7 Å². The second-order valence-electron chi connectivity index (χ2n) is 4.49. The molecule has 0 spiro atoms. The Kier molecular flexibility index (Phi) is 4.34. The van der Waals surface area contributed by atoms with Crippen LogP contribution < -0.4 is 10.5 Å². The van der Waals surface area contributed by atoms with Crippen molar-refractivity contribution in [2.75, 3.05) is 6.54 Å². The van der Waals surface area contributed by atoms with E-state index in [9.17, 15) is 4.39 Å². The summed E-state index contributed by atoms with van der Waals surface area (Å²) < 4.78 is 18.8. The first-order chi connectivity index (χ1) is 9.63. The molecule has 0 bridgehead atoms. The van der Waals surface area contributed by atoms with Crippen LogP contribution in [0.2, 0.25) is 0 Å². The number of ether oxygens (including phenoxy) is 1. The van der Waals surface area contributed by atoms with Gasteiger partial charge in [0.25, 0.3) is 0 Å². The Bertz CT molecular complexity index is 632. The lowest BCUT2D eigenvalue weighted by Gasteiger charge is -2.19. The molecule has 0 aliphatic carbocycles. The maximum absolute atomic E-state index is 12.9. The van der Waals surface area contributed by atoms with Crippen molar-refractivity contribution in [3.63, 3.8) is 0 Å². The lowest BCUT2D eigenvalue weighted by molar-refractivity contribution is 0.212. The Morgan fingerprint density at radius 2 is 1.95 bits per heavy atom. The summed E-state index contributed by atoms with van der Waals surface area (Å²) in [5.74, 6) is 0.316. The van der Waals surface area contributed by atoms with Crippen LogP contribution in [0.1, 0.15) is 22.8 Å². The van der Waals surface area contributed by atoms with Gasteiger partial charge in [0, 0.05) is 6.54 Å². The molecule has 2 aromatic carbocycles. The Morgan fingerprint density at radius 3 is 2.55 bits per heavy atom. The maximum atomic E-state index is 12.9. The Balaban J connectivity index is 2.26. The molecule has 3 nitrogen and oxygen atoms in total. The quantitative estimate of drug-likeness (QED) is 0.928. The van der Waals surface area contributed by atoms with Gasteiger partial charge >= 0.3 is 0 Å². The molecule has 0 amide bonds. The highest BCUT2D eigenvalue weighted by Crippen LogP contribution is 2.25. The molecule has 4 heteroatoms. The molecule has 0 fully saturated rings. The third kappa shape index (κ3) is 3.14. The van der Waals surface area contributed by atoms with Gasteiger partial charge in [-0.15, -0.1) is 0 Å². The second kappa shape index (κ2) is 6.18. The van der Waals surface area contributed by atoms with Gasteiger partial charge in [-0.05, 0) is 42.3 Å². The normalized spacial score (nSPS) is 11.7. The van der Waals surface area contributed by atoms with Crippen LogP contribution in [0.25, 0.3) is 0 Å². The number of hydrogen-bond donors (Lipinski definition) is 1. The number of benzene rings is 2. The van der Waals surface area contributed by atoms with Crippen LogP contribution in [0.15, 0.2) is 42.5 Å². The van der Waals surface area contributed by atoms with Crippen molar-refractivity contribution in [2.24, 2.45) is 5.73 Å². The zero-order valence-electron chi connectivity index (χ0n) is 11.1. The Morgan fingerprint density at radius 1 is 1.25 bits per heavy atom. The van der Waals surface area contributed by atoms with Crippen molar-refractivity contribution in [1.29, 1.82) is 5.26 Å². The molecule has 1 atom stereocenters. The van der Waals surface area contributed by atoms with E-state index >= 15 is 0 Å². The lowest BCUT2D eigenvalue weighted by Crippen LogP contribution is -2.18. The molecule has 0 aliphatic heterocycles. The van der Waals surface area contributed by atoms with Gasteiger partial charge in [-0.3, -0.25) is 0 Å². The third-order valence-electron chi connectivity index (χ3n) is 3.04. The molecule has 20 heavy (non-hydrogen) atoms. The fraction of sp³-hybridized carbons (Fsp3) is 0.188. The van der Waals surface area contributed by atoms with Crippen LogP contribution in [0.4, 0.5) is 4.39 Å². The van der Waals surface area contributed by atoms with E-state index in [1.807, 2.05) is 13.0 Å². The summed E-state index contributed by atoms with van der Waals surface area (Å²) in [6.07, 6.45) is -0.372. The summed E-state index contributed by atoms with van der Waals surface area (Å²) in [6.45, 7) is 2.16. The van der Waals surface area contributed by atoms with Crippen molar-refractivity contribution in [2.45, 2.75) is 13.0 Å². The van der Waals surface area contributed by atoms with Gasteiger partial charge in [0.2, 0.25) is 0 Å². The number of halogens is 1. The zero-order valence-corrected chi connectivity index (χ0v) is 11.1. The Hall–Kier alpha value is -2.38. The van der Waals surface area contributed by atoms with Gasteiger partial charge in [-0.2, -0.15) is 5.26 Å². The molecule has 0 saturated carbocycles. The van der Waals surface area contributed by atoms with Gasteiger partial charge in [0.1, 0.15) is 17.7 Å². The number of aryl methyl sites for hydroxylation is 1. The van der Waals surface area contributed by atoms with Gasteiger partial charge in [-0.1, -0.05) is 18.2 Å². The molecule has 0 aromatic heterocycles. The third-order valence-corrected chi connectivity index (χ3v) is 3.04. The van der Waals surface area contributed by atoms with Crippen molar-refractivity contribution in [1.82, 2.24) is 0 Å². The molecule has 2 aromatic rings. The molecule has 0 aliphatic rings. The van der Waals surface area contributed by atoms with Crippen LogP contribution >= 0.6 is 0 Å². The standard InChI is InChI=1S/C16H15FN2O/c1-11-2-3-12(9-18)8-15(11)20-16(10-19)13-4-6-14(17)7-5-13/h2-8,16H,10,19H2,1H3. The van der Waals surface area contributed by atoms with Gasteiger partial charge < -0.3 is 10.5 Å². The smallest absolute Gasteiger partial charge is 0.136 e. The predicted molar refractivity (Wildman–Crippen MR) is 74.7 cm³/mol. The average molecular weight is 270 g/mol. The number of hydrogen-bond acceptors (Lipinski definition) is 3. The fourth-order valence-corrected chi connectivity index (χ4v) is 1.88. The van der Waals surface area contributed by atoms with Crippen molar-refractivity contribution in [3.05, 3.63) is 65.0 Å². The van der Waals surface area contributed by atoms with E-state index in [0.717, 1.165) is 11.1 Å². The van der Waals surface area contributed by atoms with E-state index < -0.39 is 0 Å². The highest BCUT2D eigenvalue weighted by atomic mass is 19.1. The van der Waals surface area contributed by atoms with E-state index in [1.165, 1.54) is 12.1 Å². The van der Waals surface area contributed by atoms with E-state index in [2.05, 4.69) is 6.07 Å². The van der Waals surface area contributed by atoms with Gasteiger partial charge in [0.15, 0.2) is 0 Å². The molecule has 102 valence electrons. The molecule has 0 saturated heterocycles. The minimum atomic E-state index is -0.372. The number of nitrogens with zero attached hydrogens (tertiary/aromatic N) is 1. The first-order valence-corrected chi connectivity index (χ1v) is 6.27. The summed E-state index contributed by atoms with van der Waals surface area (Å²) in [5.41, 5.74) is 7.98. The van der Waals surface area contributed by atoms with Gasteiger partial charge in [0.05, 0.1) is 11.6 Å². The zero-order chi connectivity index (χ0) is 14.5. The molecule has 0 radical (unpaired) electrons. The first-order valence-electron chi connectivity index (χ1n) is 6.27. The number of nitriles is 1. The lowest BCUT2D eigenvalue weighted by atomic mass is 10.1. The average Bonchev–Trinajstić information content (AvgIpc) is 2.47. The molecule has 1 unspecified atom stereocenters. The van der Waals surface area contributed by atoms with Crippen molar-refractivity contribution >= 4 is 0 Å². The summed E-state index contributed by atoms with van der Waals surface area (Å²) >= 11 is 0. The van der Waals surface area contributed by atoms with Crippen molar-refractivity contribution < 1.29 is 9.13 Å². The minimum Gasteiger partial charge on any atom is -0.484 e. The largest absolute Gasteiger partial charge is 0.484 e. The molecule has 2 N–H and O–H groups in total. The van der Waals surface area contributed by atoms with Crippen LogP contribution in [0.5, 0.6) is 5.75 Å². The van der Waals surface area contributed by atoms with Crippen LogP contribution in [-0.2, 0) is 0 Å². The number of nitrogens with two attached hydrogens (primary N) is 1. The summed E-state index contributed by atoms with van der Waals surface area (Å²) in [4.78, 5) is 0. The molecule has 0 heterocycles. The summed E-state index contributed by atoms with van der Waals surface area (Å²) in [7, 11) is 0. The van der Waals surface area contributed by atoms with E-state index in [1.54, 1.807) is 24.3 Å². The van der Waals surface area contributed by atoms with Gasteiger partial charge in [-0.25, -0.2) is 4.39 Å². The summed E-state index contributed by atoms with van der Waals surface area (Å²) in [5, 5.41) is 8.92. The fourth-order valence-electron chi connectivity index (χ4n) is 1.88. The van der Waals surface area contributed by atoms with Crippen molar-refractivity contribution in [3.8, 4) is 11.8 Å². The molecule has 2 rings (SSSR count). The molecular weight excluding hydrogens is 255 g/mol.